The first-order valence-corrected chi connectivity index (χ1v) is 7.66. The van der Waals surface area contributed by atoms with Crippen molar-refractivity contribution in [2.24, 2.45) is 5.92 Å². The molecule has 7 nitrogen and oxygen atoms in total. The van der Waals surface area contributed by atoms with Crippen LogP contribution in [0.2, 0.25) is 0 Å². The van der Waals surface area contributed by atoms with Crippen molar-refractivity contribution in [1.82, 2.24) is 14.8 Å². The Morgan fingerprint density at radius 3 is 2.91 bits per heavy atom. The molecule has 1 unspecified atom stereocenters. The molecular formula is C16H17N3O4. The fraction of sp³-hybridized carbons (Fsp3) is 0.438. The lowest BCUT2D eigenvalue weighted by atomic mass is 9.98. The van der Waals surface area contributed by atoms with Crippen LogP contribution in [-0.2, 0) is 22.5 Å². The smallest absolute Gasteiger partial charge is 0.309 e. The molecule has 0 saturated carbocycles. The van der Waals surface area contributed by atoms with Crippen LogP contribution in [0.3, 0.4) is 0 Å². The monoisotopic (exact) mass is 315 g/mol. The minimum absolute atomic E-state index is 0.134. The quantitative estimate of drug-likeness (QED) is 0.781. The molecule has 2 aromatic rings. The Hall–Kier alpha value is -2.57. The van der Waals surface area contributed by atoms with Gasteiger partial charge >= 0.3 is 5.97 Å². The van der Waals surface area contributed by atoms with Crippen molar-refractivity contribution in [3.05, 3.63) is 24.0 Å². The van der Waals surface area contributed by atoms with Crippen molar-refractivity contribution < 1.29 is 19.0 Å². The van der Waals surface area contributed by atoms with Crippen molar-refractivity contribution in [1.29, 1.82) is 0 Å². The van der Waals surface area contributed by atoms with Gasteiger partial charge in [-0.25, -0.2) is 0 Å². The van der Waals surface area contributed by atoms with Crippen LogP contribution in [0.15, 0.2) is 18.2 Å². The summed E-state index contributed by atoms with van der Waals surface area (Å²) >= 11 is 0. The molecule has 1 aromatic carbocycles. The van der Waals surface area contributed by atoms with E-state index in [1.807, 2.05) is 18.2 Å². The van der Waals surface area contributed by atoms with Crippen molar-refractivity contribution in [2.75, 3.05) is 20.3 Å². The zero-order valence-corrected chi connectivity index (χ0v) is 12.8. The Balaban J connectivity index is 1.65. The lowest BCUT2D eigenvalue weighted by molar-refractivity contribution is -0.146. The van der Waals surface area contributed by atoms with E-state index in [2.05, 4.69) is 14.8 Å². The Bertz CT molecular complexity index is 756. The van der Waals surface area contributed by atoms with Crippen molar-refractivity contribution >= 4 is 5.97 Å². The van der Waals surface area contributed by atoms with Crippen LogP contribution in [0.25, 0.3) is 11.4 Å². The van der Waals surface area contributed by atoms with Gasteiger partial charge in [0.05, 0.1) is 13.0 Å². The van der Waals surface area contributed by atoms with Gasteiger partial charge in [0.1, 0.15) is 19.0 Å². The molecule has 120 valence electrons. The molecule has 0 N–H and O–H groups in total. The van der Waals surface area contributed by atoms with Crippen molar-refractivity contribution in [3.8, 4) is 22.9 Å². The van der Waals surface area contributed by atoms with E-state index in [0.29, 0.717) is 26.2 Å². The second kappa shape index (κ2) is 5.57. The van der Waals surface area contributed by atoms with E-state index in [4.69, 9.17) is 14.2 Å². The number of methoxy groups -OCH3 is 1. The van der Waals surface area contributed by atoms with Crippen molar-refractivity contribution in [3.63, 3.8) is 0 Å². The van der Waals surface area contributed by atoms with Crippen LogP contribution in [-0.4, -0.2) is 41.1 Å². The van der Waals surface area contributed by atoms with Crippen LogP contribution >= 0.6 is 0 Å². The summed E-state index contributed by atoms with van der Waals surface area (Å²) in [5, 5.41) is 8.55. The molecule has 7 heteroatoms. The fourth-order valence-electron chi connectivity index (χ4n) is 3.09. The highest BCUT2D eigenvalue weighted by molar-refractivity contribution is 5.72. The molecule has 23 heavy (non-hydrogen) atoms. The fourth-order valence-corrected chi connectivity index (χ4v) is 3.09. The second-order valence-corrected chi connectivity index (χ2v) is 5.66. The van der Waals surface area contributed by atoms with Crippen molar-refractivity contribution in [2.45, 2.75) is 19.4 Å². The predicted octanol–water partition coefficient (Wildman–Crippen LogP) is 1.45. The maximum Gasteiger partial charge on any atom is 0.309 e. The lowest BCUT2D eigenvalue weighted by Crippen LogP contribution is -2.27. The number of benzene rings is 1. The maximum absolute atomic E-state index is 11.7. The highest BCUT2D eigenvalue weighted by Crippen LogP contribution is 2.35. The van der Waals surface area contributed by atoms with E-state index >= 15 is 0 Å². The summed E-state index contributed by atoms with van der Waals surface area (Å²) in [7, 11) is 1.42. The first kappa shape index (κ1) is 14.0. The summed E-state index contributed by atoms with van der Waals surface area (Å²) in [6.45, 7) is 1.82. The first-order chi connectivity index (χ1) is 11.3. The van der Waals surface area contributed by atoms with Crippen LogP contribution in [0.5, 0.6) is 11.5 Å². The summed E-state index contributed by atoms with van der Waals surface area (Å²) < 4.78 is 18.1. The number of rotatable bonds is 2. The van der Waals surface area contributed by atoms with Crippen LogP contribution in [0.4, 0.5) is 0 Å². The molecule has 3 heterocycles. The lowest BCUT2D eigenvalue weighted by Gasteiger charge is -2.22. The number of aromatic nitrogens is 3. The molecule has 0 saturated heterocycles. The van der Waals surface area contributed by atoms with Gasteiger partial charge in [0.15, 0.2) is 17.3 Å². The Kier molecular flexibility index (Phi) is 3.40. The minimum Gasteiger partial charge on any atom is -0.486 e. The van der Waals surface area contributed by atoms with E-state index in [-0.39, 0.29) is 11.9 Å². The largest absolute Gasteiger partial charge is 0.486 e. The Labute approximate surface area is 133 Å². The normalized spacial score (nSPS) is 19.1. The SMILES string of the molecule is COC(=O)C1CCn2c(nnc2-c2ccc3c(c2)OCCO3)C1. The summed E-state index contributed by atoms with van der Waals surface area (Å²) in [6.07, 6.45) is 1.29. The minimum atomic E-state index is -0.180. The third kappa shape index (κ3) is 2.42. The van der Waals surface area contributed by atoms with Gasteiger partial charge in [-0.15, -0.1) is 10.2 Å². The van der Waals surface area contributed by atoms with Gasteiger partial charge in [-0.1, -0.05) is 0 Å². The number of hydrogen-bond donors (Lipinski definition) is 0. The van der Waals surface area contributed by atoms with E-state index in [1.54, 1.807) is 0 Å². The van der Waals surface area contributed by atoms with E-state index in [1.165, 1.54) is 7.11 Å². The van der Waals surface area contributed by atoms with Gasteiger partial charge in [-0.3, -0.25) is 4.79 Å². The number of fused-ring (bicyclic) bond motifs is 2. The number of hydrogen-bond acceptors (Lipinski definition) is 6. The summed E-state index contributed by atoms with van der Waals surface area (Å²) in [4.78, 5) is 11.7. The highest BCUT2D eigenvalue weighted by Gasteiger charge is 2.29. The number of carbonyl (C=O) groups excluding carboxylic acids is 1. The molecular weight excluding hydrogens is 298 g/mol. The van der Waals surface area contributed by atoms with Gasteiger partial charge in [0.2, 0.25) is 0 Å². The molecule has 0 radical (unpaired) electrons. The van der Waals surface area contributed by atoms with E-state index < -0.39 is 0 Å². The third-order valence-corrected chi connectivity index (χ3v) is 4.29. The van der Waals surface area contributed by atoms with Crippen LogP contribution < -0.4 is 9.47 Å². The van der Waals surface area contributed by atoms with Gasteiger partial charge in [-0.05, 0) is 24.6 Å². The number of ether oxygens (including phenoxy) is 3. The van der Waals surface area contributed by atoms with Gasteiger partial charge in [-0.2, -0.15) is 0 Å². The molecule has 0 amide bonds. The molecule has 1 atom stereocenters. The molecule has 2 aliphatic rings. The Morgan fingerprint density at radius 2 is 2.09 bits per heavy atom. The molecule has 2 aliphatic heterocycles. The predicted molar refractivity (Wildman–Crippen MR) is 80.3 cm³/mol. The average molecular weight is 315 g/mol. The molecule has 4 rings (SSSR count). The maximum atomic E-state index is 11.7. The summed E-state index contributed by atoms with van der Waals surface area (Å²) in [5.74, 6) is 2.78. The summed E-state index contributed by atoms with van der Waals surface area (Å²) in [5.41, 5.74) is 0.935. The molecule has 1 aromatic heterocycles. The Morgan fingerprint density at radius 1 is 1.26 bits per heavy atom. The average Bonchev–Trinajstić information content (AvgIpc) is 3.03. The molecule has 0 bridgehead atoms. The summed E-state index contributed by atoms with van der Waals surface area (Å²) in [6, 6.07) is 5.78. The molecule has 0 spiro atoms. The molecule has 0 aliphatic carbocycles. The first-order valence-electron chi connectivity index (χ1n) is 7.66. The third-order valence-electron chi connectivity index (χ3n) is 4.29. The zero-order valence-electron chi connectivity index (χ0n) is 12.8. The van der Waals surface area contributed by atoms with Gasteiger partial charge in [0, 0.05) is 18.5 Å². The highest BCUT2D eigenvalue weighted by atomic mass is 16.6. The van der Waals surface area contributed by atoms with Gasteiger partial charge in [0.25, 0.3) is 0 Å². The molecule has 0 fully saturated rings. The standard InChI is InChI=1S/C16H17N3O4/c1-21-16(20)11-4-5-19-14(9-11)17-18-15(19)10-2-3-12-13(8-10)23-7-6-22-12/h2-3,8,11H,4-7,9H2,1H3. The van der Waals surface area contributed by atoms with Gasteiger partial charge < -0.3 is 18.8 Å². The number of esters is 1. The topological polar surface area (TPSA) is 75.5 Å². The van der Waals surface area contributed by atoms with E-state index in [0.717, 1.165) is 35.1 Å². The zero-order chi connectivity index (χ0) is 15.8. The van der Waals surface area contributed by atoms with Crippen LogP contribution in [0, 0.1) is 5.92 Å². The van der Waals surface area contributed by atoms with E-state index in [9.17, 15) is 4.79 Å². The number of carbonyl (C=O) groups is 1. The second-order valence-electron chi connectivity index (χ2n) is 5.66. The van der Waals surface area contributed by atoms with Crippen LogP contribution in [0.1, 0.15) is 12.2 Å². The number of nitrogens with zero attached hydrogens (tertiary/aromatic N) is 3.